The van der Waals surface area contributed by atoms with Crippen molar-refractivity contribution in [3.63, 3.8) is 0 Å². The van der Waals surface area contributed by atoms with Crippen molar-refractivity contribution >= 4 is 0 Å². The Morgan fingerprint density at radius 1 is 0.233 bits per heavy atom. The molecule has 6 heteroatoms. The molecule has 6 fully saturated rings. The summed E-state index contributed by atoms with van der Waals surface area (Å²) in [6.07, 6.45) is 19.7. The highest BCUT2D eigenvalue weighted by atomic mass is 19.4. The van der Waals surface area contributed by atoms with Gasteiger partial charge in [-0.2, -0.15) is 26.3 Å². The van der Waals surface area contributed by atoms with Crippen LogP contribution in [0.2, 0.25) is 0 Å². The van der Waals surface area contributed by atoms with E-state index in [0.717, 1.165) is 237 Å². The van der Waals surface area contributed by atoms with Crippen LogP contribution in [0.4, 0.5) is 26.3 Å². The third kappa shape index (κ3) is 12.3. The fourth-order valence-electron chi connectivity index (χ4n) is 17.7. The zero-order chi connectivity index (χ0) is 58.8. The van der Waals surface area contributed by atoms with Crippen molar-refractivity contribution in [1.29, 1.82) is 0 Å². The van der Waals surface area contributed by atoms with Crippen molar-refractivity contribution in [2.75, 3.05) is 0 Å². The van der Waals surface area contributed by atoms with Crippen LogP contribution in [0.5, 0.6) is 0 Å². The van der Waals surface area contributed by atoms with E-state index in [1.807, 2.05) is 84.9 Å². The average molecular weight is 1160 g/mol. The maximum Gasteiger partial charge on any atom is 0.417 e. The van der Waals surface area contributed by atoms with Crippen LogP contribution in [-0.2, 0) is 12.4 Å². The van der Waals surface area contributed by atoms with Crippen molar-refractivity contribution in [2.24, 2.45) is 0 Å². The maximum absolute atomic E-state index is 18.5. The molecule has 0 aromatic heterocycles. The first-order valence-electron chi connectivity index (χ1n) is 34.0. The van der Waals surface area contributed by atoms with E-state index in [4.69, 9.17) is 0 Å². The molecule has 0 saturated heterocycles. The van der Waals surface area contributed by atoms with Crippen LogP contribution in [0.1, 0.15) is 273 Å². The molecule has 7 aromatic carbocycles. The predicted octanol–water partition coefficient (Wildman–Crippen LogP) is 26.0. The second kappa shape index (κ2) is 26.1. The van der Waals surface area contributed by atoms with Gasteiger partial charge in [0.25, 0.3) is 0 Å². The van der Waals surface area contributed by atoms with E-state index in [-0.39, 0.29) is 80.0 Å². The topological polar surface area (TPSA) is 0 Å². The number of alkyl halides is 6. The first-order chi connectivity index (χ1) is 42.0. The molecular formula is C80H88F6. The van der Waals surface area contributed by atoms with Crippen molar-refractivity contribution in [1.82, 2.24) is 0 Å². The van der Waals surface area contributed by atoms with Crippen LogP contribution in [0.3, 0.4) is 0 Å². The van der Waals surface area contributed by atoms with Gasteiger partial charge in [-0.1, -0.05) is 249 Å². The highest BCUT2D eigenvalue weighted by molar-refractivity contribution is 6.07. The summed E-state index contributed by atoms with van der Waals surface area (Å²) >= 11 is 0. The van der Waals surface area contributed by atoms with Crippen LogP contribution in [0.15, 0.2) is 133 Å². The Morgan fingerprint density at radius 2 is 0.465 bits per heavy atom. The molecule has 0 amide bonds. The first kappa shape index (κ1) is 59.1. The van der Waals surface area contributed by atoms with Crippen LogP contribution in [-0.4, -0.2) is 0 Å². The van der Waals surface area contributed by atoms with Gasteiger partial charge in [0.15, 0.2) is 0 Å². The lowest BCUT2D eigenvalue weighted by Crippen LogP contribution is -2.19. The second-order valence-corrected chi connectivity index (χ2v) is 27.3. The van der Waals surface area contributed by atoms with Crippen molar-refractivity contribution in [3.8, 4) is 66.8 Å². The Hall–Kier alpha value is -5.88. The second-order valence-electron chi connectivity index (χ2n) is 27.3. The lowest BCUT2D eigenvalue weighted by molar-refractivity contribution is -0.139. The third-order valence-corrected chi connectivity index (χ3v) is 21.9. The number of benzene rings is 7. The van der Waals surface area contributed by atoms with Gasteiger partial charge >= 0.3 is 12.4 Å². The van der Waals surface area contributed by atoms with E-state index in [2.05, 4.69) is 24.3 Å². The van der Waals surface area contributed by atoms with E-state index in [9.17, 15) is 0 Å². The quantitative estimate of drug-likeness (QED) is 0.107. The van der Waals surface area contributed by atoms with Crippen molar-refractivity contribution in [2.45, 2.75) is 240 Å². The lowest BCUT2D eigenvalue weighted by atomic mass is 9.71. The molecule has 7 aromatic rings. The van der Waals surface area contributed by atoms with Gasteiger partial charge in [-0.25, -0.2) is 0 Å². The van der Waals surface area contributed by atoms with E-state index >= 15 is 26.3 Å². The van der Waals surface area contributed by atoms with Crippen molar-refractivity contribution in [3.05, 3.63) is 178 Å². The molecule has 0 radical (unpaired) electrons. The van der Waals surface area contributed by atoms with Gasteiger partial charge < -0.3 is 0 Å². The highest BCUT2D eigenvalue weighted by Crippen LogP contribution is 2.61. The van der Waals surface area contributed by atoms with E-state index in [1.54, 1.807) is 24.3 Å². The molecular weight excluding hydrogens is 1070 g/mol. The molecule has 0 unspecified atom stereocenters. The van der Waals surface area contributed by atoms with E-state index in [1.165, 1.54) is 0 Å². The third-order valence-electron chi connectivity index (χ3n) is 21.9. The summed E-state index contributed by atoms with van der Waals surface area (Å²) in [7, 11) is 0. The lowest BCUT2D eigenvalue weighted by Gasteiger charge is -2.33. The Balaban J connectivity index is 1.23. The number of hydrogen-bond donors (Lipinski definition) is 0. The molecule has 450 valence electrons. The molecule has 6 saturated carbocycles. The van der Waals surface area contributed by atoms with Gasteiger partial charge in [0.2, 0.25) is 0 Å². The van der Waals surface area contributed by atoms with Gasteiger partial charge in [0.05, 0.1) is 11.1 Å². The normalized spacial score (nSPS) is 19.7. The fraction of sp³-hybridized carbons (Fsp3) is 0.475. The summed E-state index contributed by atoms with van der Waals surface area (Å²) in [5.41, 5.74) is 6.28. The van der Waals surface area contributed by atoms with Crippen LogP contribution in [0, 0.1) is 0 Å². The molecule has 86 heavy (non-hydrogen) atoms. The predicted molar refractivity (Wildman–Crippen MR) is 344 cm³/mol. The minimum Gasteiger partial charge on any atom is -0.166 e. The SMILES string of the molecule is FC(F)(F)c1c(-c2cc(C3CCCCC3)cc(C3CCCCC3)c2)c(-c2ccccc2-c2ccccc2C2CCCCC2)c(C(F)(F)F)c(-c2cc(C3CCCCC3)cc(C3CCCCC3)c2)c1-c1ccccc1-c1ccccc1C1CCCCC1. The zero-order valence-electron chi connectivity index (χ0n) is 50.6. The first-order valence-corrected chi connectivity index (χ1v) is 34.0. The standard InChI is InChI=1S/C80H88F6/c81-79(82,83)77-73(63-49-59(53-27-7-1-8-28-53)47-60(50-63)54-29-9-2-10-30-54)75(71-45-25-23-43-69(71)67-41-21-19-39-65(67)57-35-15-5-16-36-57)78(80(84,85)86)74(64-51-61(55-31-11-3-12-32-55)48-62(52-64)56-33-13-4-14-34-56)76(77)72-46-26-24-44-70(72)68-42-22-20-40-66(68)58-37-17-6-18-38-58/h19-26,39-58H,1-18,27-38H2. The molecule has 0 aliphatic heterocycles. The molecule has 0 atom stereocenters. The molecule has 6 aliphatic carbocycles. The Labute approximate surface area is 509 Å². The maximum atomic E-state index is 18.5. The number of hydrogen-bond acceptors (Lipinski definition) is 0. The molecule has 0 N–H and O–H groups in total. The van der Waals surface area contributed by atoms with Gasteiger partial charge in [0.1, 0.15) is 0 Å². The minimum absolute atomic E-state index is 0.0945. The van der Waals surface area contributed by atoms with Crippen LogP contribution in [0.25, 0.3) is 66.8 Å². The number of rotatable bonds is 12. The Morgan fingerprint density at radius 3 is 0.733 bits per heavy atom. The minimum atomic E-state index is -5.14. The smallest absolute Gasteiger partial charge is 0.166 e. The molecule has 0 heterocycles. The van der Waals surface area contributed by atoms with Gasteiger partial charge in [0, 0.05) is 22.3 Å². The van der Waals surface area contributed by atoms with Gasteiger partial charge in [-0.15, -0.1) is 0 Å². The molecule has 6 aliphatic rings. The monoisotopic (exact) mass is 1160 g/mol. The summed E-state index contributed by atoms with van der Waals surface area (Å²) in [6, 6.07) is 43.1. The average Bonchev–Trinajstić information content (AvgIpc) is 0.769. The van der Waals surface area contributed by atoms with Gasteiger partial charge in [-0.3, -0.25) is 0 Å². The zero-order valence-corrected chi connectivity index (χ0v) is 50.6. The molecule has 0 nitrogen and oxygen atoms in total. The van der Waals surface area contributed by atoms with E-state index < -0.39 is 23.5 Å². The highest BCUT2D eigenvalue weighted by Gasteiger charge is 2.48. The summed E-state index contributed by atoms with van der Waals surface area (Å²) in [6.45, 7) is 0. The number of halogens is 6. The Bertz CT molecular complexity index is 3160. The molecule has 0 spiro atoms. The molecule has 0 bridgehead atoms. The van der Waals surface area contributed by atoms with Crippen molar-refractivity contribution < 1.29 is 26.3 Å². The summed E-state index contributed by atoms with van der Waals surface area (Å²) in [4.78, 5) is 0. The van der Waals surface area contributed by atoms with E-state index in [0.29, 0.717) is 11.1 Å². The summed E-state index contributed by atoms with van der Waals surface area (Å²) < 4.78 is 111. The summed E-state index contributed by atoms with van der Waals surface area (Å²) in [5.74, 6) is 0.734. The fourth-order valence-corrected chi connectivity index (χ4v) is 17.7. The Kier molecular flexibility index (Phi) is 17.9. The van der Waals surface area contributed by atoms with Gasteiger partial charge in [-0.05, 0) is 190 Å². The van der Waals surface area contributed by atoms with Crippen LogP contribution >= 0.6 is 0 Å². The largest absolute Gasteiger partial charge is 0.417 e. The van der Waals surface area contributed by atoms with Crippen LogP contribution < -0.4 is 0 Å². The summed E-state index contributed by atoms with van der Waals surface area (Å²) in [5, 5.41) is 0. The molecule has 13 rings (SSSR count).